The van der Waals surface area contributed by atoms with E-state index in [0.717, 1.165) is 0 Å². The van der Waals surface area contributed by atoms with Gasteiger partial charge >= 0.3 is 0 Å². The van der Waals surface area contributed by atoms with E-state index in [4.69, 9.17) is 11.6 Å². The first-order valence-corrected chi connectivity index (χ1v) is 8.61. The number of aliphatic hydroxyl groups excluding tert-OH is 1. The Bertz CT molecular complexity index is 553. The van der Waals surface area contributed by atoms with E-state index in [-0.39, 0.29) is 23.5 Å². The van der Waals surface area contributed by atoms with Gasteiger partial charge < -0.3 is 5.11 Å². The van der Waals surface area contributed by atoms with Gasteiger partial charge in [-0.05, 0) is 32.6 Å². The van der Waals surface area contributed by atoms with Crippen molar-refractivity contribution in [1.82, 2.24) is 9.78 Å². The fourth-order valence-electron chi connectivity index (χ4n) is 2.56. The predicted molar refractivity (Wildman–Crippen MR) is 74.0 cm³/mol. The smallest absolute Gasteiger partial charge is 0.150 e. The summed E-state index contributed by atoms with van der Waals surface area (Å²) in [6.07, 6.45) is 1.78. The Kier molecular flexibility index (Phi) is 4.23. The fraction of sp³-hybridized carbons (Fsp3) is 0.750. The summed E-state index contributed by atoms with van der Waals surface area (Å²) in [5, 5.41) is 14.9. The molecule has 5 nitrogen and oxygen atoms in total. The fourth-order valence-corrected chi connectivity index (χ4v) is 4.70. The number of aliphatic hydroxyl groups is 1. The van der Waals surface area contributed by atoms with Crippen molar-refractivity contribution in [1.29, 1.82) is 0 Å². The van der Waals surface area contributed by atoms with Crippen molar-refractivity contribution in [2.45, 2.75) is 38.8 Å². The highest BCUT2D eigenvalue weighted by molar-refractivity contribution is 7.91. The Morgan fingerprint density at radius 1 is 1.58 bits per heavy atom. The second-order valence-corrected chi connectivity index (χ2v) is 8.07. The average molecular weight is 307 g/mol. The number of aromatic nitrogens is 2. The van der Waals surface area contributed by atoms with Gasteiger partial charge in [0.15, 0.2) is 9.84 Å². The molecule has 1 aliphatic heterocycles. The van der Waals surface area contributed by atoms with Crippen LogP contribution in [0.25, 0.3) is 0 Å². The molecular weight excluding hydrogens is 288 g/mol. The Labute approximate surface area is 118 Å². The van der Waals surface area contributed by atoms with Gasteiger partial charge in [0.1, 0.15) is 0 Å². The van der Waals surface area contributed by atoms with Crippen LogP contribution in [0.2, 0.25) is 5.02 Å². The lowest BCUT2D eigenvalue weighted by molar-refractivity contribution is 0.137. The third kappa shape index (κ3) is 3.30. The van der Waals surface area contributed by atoms with Crippen molar-refractivity contribution in [3.8, 4) is 0 Å². The van der Waals surface area contributed by atoms with E-state index in [1.807, 2.05) is 13.8 Å². The SMILES string of the molecule is CC(C)n1ncc(Cl)c1C(O)CC1CCS(=O)(=O)C1. The molecule has 0 aliphatic carbocycles. The molecule has 1 N–H and O–H groups in total. The summed E-state index contributed by atoms with van der Waals surface area (Å²) in [4.78, 5) is 0. The first-order chi connectivity index (χ1) is 8.80. The highest BCUT2D eigenvalue weighted by atomic mass is 35.5. The quantitative estimate of drug-likeness (QED) is 0.923. The second kappa shape index (κ2) is 5.42. The van der Waals surface area contributed by atoms with Crippen LogP contribution in [-0.2, 0) is 9.84 Å². The molecule has 7 heteroatoms. The van der Waals surface area contributed by atoms with E-state index < -0.39 is 15.9 Å². The zero-order valence-electron chi connectivity index (χ0n) is 11.1. The van der Waals surface area contributed by atoms with Crippen LogP contribution < -0.4 is 0 Å². The molecular formula is C12H19ClN2O3S. The number of rotatable bonds is 4. The van der Waals surface area contributed by atoms with Gasteiger partial charge in [0.25, 0.3) is 0 Å². The van der Waals surface area contributed by atoms with E-state index in [2.05, 4.69) is 5.10 Å². The Morgan fingerprint density at radius 2 is 2.26 bits per heavy atom. The standard InChI is InChI=1S/C12H19ClN2O3S/c1-8(2)15-12(10(13)6-14-15)11(16)5-9-3-4-19(17,18)7-9/h6,8-9,11,16H,3-5,7H2,1-2H3. The van der Waals surface area contributed by atoms with Crippen molar-refractivity contribution < 1.29 is 13.5 Å². The van der Waals surface area contributed by atoms with Crippen LogP contribution in [0, 0.1) is 5.92 Å². The second-order valence-electron chi connectivity index (χ2n) is 5.44. The lowest BCUT2D eigenvalue weighted by Crippen LogP contribution is -2.15. The van der Waals surface area contributed by atoms with E-state index in [1.54, 1.807) is 4.68 Å². The zero-order valence-corrected chi connectivity index (χ0v) is 12.7. The van der Waals surface area contributed by atoms with Gasteiger partial charge in [0, 0.05) is 6.04 Å². The summed E-state index contributed by atoms with van der Waals surface area (Å²) in [6.45, 7) is 3.92. The number of hydrogen-bond acceptors (Lipinski definition) is 4. The minimum Gasteiger partial charge on any atom is -0.387 e. The van der Waals surface area contributed by atoms with Crippen LogP contribution in [0.15, 0.2) is 6.20 Å². The van der Waals surface area contributed by atoms with Gasteiger partial charge in [0.05, 0.1) is 34.5 Å². The molecule has 2 heterocycles. The summed E-state index contributed by atoms with van der Waals surface area (Å²) in [6, 6.07) is 0.101. The first kappa shape index (κ1) is 14.8. The maximum atomic E-state index is 11.4. The van der Waals surface area contributed by atoms with Gasteiger partial charge in [-0.3, -0.25) is 4.68 Å². The number of hydrogen-bond donors (Lipinski definition) is 1. The Morgan fingerprint density at radius 3 is 2.79 bits per heavy atom. The van der Waals surface area contributed by atoms with E-state index in [9.17, 15) is 13.5 Å². The summed E-state index contributed by atoms with van der Waals surface area (Å²) >= 11 is 6.06. The minimum absolute atomic E-state index is 0.00609. The van der Waals surface area contributed by atoms with Crippen molar-refractivity contribution in [2.75, 3.05) is 11.5 Å². The molecule has 19 heavy (non-hydrogen) atoms. The molecule has 1 aromatic rings. The average Bonchev–Trinajstić information content (AvgIpc) is 2.81. The molecule has 0 amide bonds. The maximum Gasteiger partial charge on any atom is 0.150 e. The lowest BCUT2D eigenvalue weighted by Gasteiger charge is -2.18. The highest BCUT2D eigenvalue weighted by Crippen LogP contribution is 2.33. The minimum atomic E-state index is -2.91. The number of halogens is 1. The van der Waals surface area contributed by atoms with E-state index >= 15 is 0 Å². The zero-order chi connectivity index (χ0) is 14.2. The monoisotopic (exact) mass is 306 g/mol. The molecule has 0 aromatic carbocycles. The summed E-state index contributed by atoms with van der Waals surface area (Å²) < 4.78 is 24.5. The van der Waals surface area contributed by atoms with Crippen LogP contribution in [0.1, 0.15) is 44.5 Å². The molecule has 2 atom stereocenters. The molecule has 2 rings (SSSR count). The maximum absolute atomic E-state index is 11.4. The lowest BCUT2D eigenvalue weighted by atomic mass is 9.99. The van der Waals surface area contributed by atoms with Crippen molar-refractivity contribution >= 4 is 21.4 Å². The molecule has 1 fully saturated rings. The van der Waals surface area contributed by atoms with Gasteiger partial charge in [0.2, 0.25) is 0 Å². The van der Waals surface area contributed by atoms with Gasteiger partial charge in [-0.15, -0.1) is 0 Å². The predicted octanol–water partition coefficient (Wildman–Crippen LogP) is 1.98. The van der Waals surface area contributed by atoms with Crippen LogP contribution in [0.5, 0.6) is 0 Å². The third-order valence-corrected chi connectivity index (χ3v) is 5.60. The molecule has 1 aliphatic rings. The van der Waals surface area contributed by atoms with E-state index in [0.29, 0.717) is 23.6 Å². The van der Waals surface area contributed by atoms with Crippen LogP contribution in [0.3, 0.4) is 0 Å². The van der Waals surface area contributed by atoms with Crippen LogP contribution in [-0.4, -0.2) is 34.8 Å². The van der Waals surface area contributed by atoms with Gasteiger partial charge in [-0.25, -0.2) is 8.42 Å². The van der Waals surface area contributed by atoms with Crippen molar-refractivity contribution in [3.05, 3.63) is 16.9 Å². The molecule has 0 saturated carbocycles. The summed E-state index contributed by atoms with van der Waals surface area (Å²) in [5.41, 5.74) is 0.584. The highest BCUT2D eigenvalue weighted by Gasteiger charge is 2.31. The molecule has 2 unspecified atom stereocenters. The largest absolute Gasteiger partial charge is 0.387 e. The molecule has 1 saturated heterocycles. The first-order valence-electron chi connectivity index (χ1n) is 6.41. The molecule has 0 bridgehead atoms. The Hall–Kier alpha value is -0.590. The molecule has 0 spiro atoms. The normalized spacial score (nSPS) is 23.9. The number of nitrogens with zero attached hydrogens (tertiary/aromatic N) is 2. The molecule has 0 radical (unpaired) electrons. The third-order valence-electron chi connectivity index (χ3n) is 3.48. The molecule has 108 valence electrons. The van der Waals surface area contributed by atoms with Crippen LogP contribution >= 0.6 is 11.6 Å². The van der Waals surface area contributed by atoms with E-state index in [1.165, 1.54) is 6.20 Å². The van der Waals surface area contributed by atoms with Crippen molar-refractivity contribution in [3.63, 3.8) is 0 Å². The number of sulfone groups is 1. The van der Waals surface area contributed by atoms with Crippen LogP contribution in [0.4, 0.5) is 0 Å². The molecule has 1 aromatic heterocycles. The Balaban J connectivity index is 2.12. The summed E-state index contributed by atoms with van der Waals surface area (Å²) in [7, 11) is -2.91. The topological polar surface area (TPSA) is 72.2 Å². The summed E-state index contributed by atoms with van der Waals surface area (Å²) in [5.74, 6) is 0.394. The van der Waals surface area contributed by atoms with Gasteiger partial charge in [-0.2, -0.15) is 5.10 Å². The van der Waals surface area contributed by atoms with Crippen molar-refractivity contribution in [2.24, 2.45) is 5.92 Å². The van der Waals surface area contributed by atoms with Gasteiger partial charge in [-0.1, -0.05) is 11.6 Å².